The molecule has 1 saturated carbocycles. The summed E-state index contributed by atoms with van der Waals surface area (Å²) in [7, 11) is 0. The molecule has 106 valence electrons. The van der Waals surface area contributed by atoms with E-state index in [1.54, 1.807) is 6.92 Å². The standard InChI is InChI=1S/C13H20N2O3S/c1-3-9-7-5-6-8-10(9)18-13-15-14-11(19-13)12(16)17-4-2/h9-10H,3-8H2,1-2H3. The van der Waals surface area contributed by atoms with Gasteiger partial charge in [0.05, 0.1) is 6.61 Å². The first-order chi connectivity index (χ1) is 9.24. The van der Waals surface area contributed by atoms with Crippen LogP contribution in [0.5, 0.6) is 5.19 Å². The number of nitrogens with zero attached hydrogens (tertiary/aromatic N) is 2. The number of hydrogen-bond donors (Lipinski definition) is 0. The maximum absolute atomic E-state index is 11.5. The van der Waals surface area contributed by atoms with Gasteiger partial charge in [-0.1, -0.05) is 18.4 Å². The van der Waals surface area contributed by atoms with Crippen LogP contribution in [0.1, 0.15) is 55.8 Å². The van der Waals surface area contributed by atoms with Gasteiger partial charge in [-0.25, -0.2) is 4.79 Å². The summed E-state index contributed by atoms with van der Waals surface area (Å²) in [6.45, 7) is 4.30. The average molecular weight is 284 g/mol. The van der Waals surface area contributed by atoms with Gasteiger partial charge >= 0.3 is 5.97 Å². The minimum absolute atomic E-state index is 0.210. The van der Waals surface area contributed by atoms with Crippen molar-refractivity contribution >= 4 is 17.3 Å². The van der Waals surface area contributed by atoms with Gasteiger partial charge in [0.2, 0.25) is 5.01 Å². The molecule has 0 spiro atoms. The summed E-state index contributed by atoms with van der Waals surface area (Å²) in [5, 5.41) is 8.49. The first kappa shape index (κ1) is 14.2. The van der Waals surface area contributed by atoms with E-state index in [1.807, 2.05) is 0 Å². The van der Waals surface area contributed by atoms with Crippen molar-refractivity contribution in [2.75, 3.05) is 6.61 Å². The molecule has 1 fully saturated rings. The van der Waals surface area contributed by atoms with Crippen LogP contribution in [-0.4, -0.2) is 28.9 Å². The first-order valence-electron chi connectivity index (χ1n) is 6.91. The zero-order chi connectivity index (χ0) is 13.7. The fraction of sp³-hybridized carbons (Fsp3) is 0.769. The van der Waals surface area contributed by atoms with Crippen molar-refractivity contribution < 1.29 is 14.3 Å². The van der Waals surface area contributed by atoms with Crippen LogP contribution in [0.25, 0.3) is 0 Å². The van der Waals surface area contributed by atoms with Gasteiger partial charge in [-0.05, 0) is 49.9 Å². The largest absolute Gasteiger partial charge is 0.465 e. The van der Waals surface area contributed by atoms with Crippen LogP contribution in [0, 0.1) is 5.92 Å². The van der Waals surface area contributed by atoms with E-state index in [-0.39, 0.29) is 11.1 Å². The number of hydrogen-bond acceptors (Lipinski definition) is 6. The quantitative estimate of drug-likeness (QED) is 0.778. The smallest absolute Gasteiger partial charge is 0.369 e. The SMILES string of the molecule is CCOC(=O)c1nnc(OC2CCCCC2CC)s1. The molecule has 1 aromatic rings. The van der Waals surface area contributed by atoms with Crippen LogP contribution in [0.4, 0.5) is 0 Å². The minimum atomic E-state index is -0.425. The molecule has 19 heavy (non-hydrogen) atoms. The van der Waals surface area contributed by atoms with Crippen molar-refractivity contribution in [3.8, 4) is 5.19 Å². The van der Waals surface area contributed by atoms with Gasteiger partial charge in [-0.2, -0.15) is 0 Å². The fourth-order valence-corrected chi connectivity index (χ4v) is 3.10. The Morgan fingerprint density at radius 3 is 2.84 bits per heavy atom. The first-order valence-corrected chi connectivity index (χ1v) is 7.73. The second-order valence-electron chi connectivity index (χ2n) is 4.70. The Balaban J connectivity index is 1.97. The van der Waals surface area contributed by atoms with Crippen LogP contribution < -0.4 is 4.74 Å². The molecule has 0 aliphatic heterocycles. The minimum Gasteiger partial charge on any atom is -0.465 e. The number of rotatable bonds is 5. The Labute approximate surface area is 117 Å². The molecule has 0 amide bonds. The summed E-state index contributed by atoms with van der Waals surface area (Å²) < 4.78 is 10.8. The lowest BCUT2D eigenvalue weighted by Gasteiger charge is -2.29. The predicted molar refractivity (Wildman–Crippen MR) is 72.5 cm³/mol. The molecule has 1 aromatic heterocycles. The second kappa shape index (κ2) is 6.84. The number of carbonyl (C=O) groups is 1. The van der Waals surface area contributed by atoms with E-state index in [2.05, 4.69) is 17.1 Å². The van der Waals surface area contributed by atoms with Gasteiger partial charge in [-0.3, -0.25) is 0 Å². The number of carbonyl (C=O) groups excluding carboxylic acids is 1. The van der Waals surface area contributed by atoms with Gasteiger partial charge in [0.15, 0.2) is 0 Å². The van der Waals surface area contributed by atoms with Crippen LogP contribution >= 0.6 is 11.3 Å². The molecule has 1 aliphatic carbocycles. The Morgan fingerprint density at radius 1 is 1.32 bits per heavy atom. The third kappa shape index (κ3) is 3.65. The number of ether oxygens (including phenoxy) is 2. The molecule has 0 aromatic carbocycles. The number of esters is 1. The van der Waals surface area contributed by atoms with E-state index in [0.29, 0.717) is 17.7 Å². The zero-order valence-corrected chi connectivity index (χ0v) is 12.2. The van der Waals surface area contributed by atoms with Gasteiger partial charge in [0.25, 0.3) is 5.19 Å². The second-order valence-corrected chi connectivity index (χ2v) is 5.64. The molecule has 6 heteroatoms. The molecule has 0 N–H and O–H groups in total. The Morgan fingerprint density at radius 2 is 2.11 bits per heavy atom. The van der Waals surface area contributed by atoms with Crippen LogP contribution in [0.15, 0.2) is 0 Å². The van der Waals surface area contributed by atoms with Crippen LogP contribution in [-0.2, 0) is 4.74 Å². The maximum atomic E-state index is 11.5. The van der Waals surface area contributed by atoms with E-state index >= 15 is 0 Å². The van der Waals surface area contributed by atoms with E-state index in [0.717, 1.165) is 12.8 Å². The predicted octanol–water partition coefficient (Wildman–Crippen LogP) is 3.06. The molecule has 1 heterocycles. The molecule has 0 bridgehead atoms. The lowest BCUT2D eigenvalue weighted by atomic mass is 9.85. The van der Waals surface area contributed by atoms with Gasteiger partial charge < -0.3 is 9.47 Å². The van der Waals surface area contributed by atoms with Gasteiger partial charge in [0.1, 0.15) is 6.10 Å². The molecular weight excluding hydrogens is 264 g/mol. The third-order valence-corrected chi connectivity index (χ3v) is 4.27. The Kier molecular flexibility index (Phi) is 5.13. The highest BCUT2D eigenvalue weighted by Gasteiger charge is 2.27. The topological polar surface area (TPSA) is 61.3 Å². The van der Waals surface area contributed by atoms with E-state index in [9.17, 15) is 4.79 Å². The van der Waals surface area contributed by atoms with Crippen LogP contribution in [0.2, 0.25) is 0 Å². The maximum Gasteiger partial charge on any atom is 0.369 e. The average Bonchev–Trinajstić information content (AvgIpc) is 2.88. The van der Waals surface area contributed by atoms with E-state index < -0.39 is 5.97 Å². The highest BCUT2D eigenvalue weighted by atomic mass is 32.1. The summed E-state index contributed by atoms with van der Waals surface area (Å²) in [6, 6.07) is 0. The molecule has 2 atom stereocenters. The summed E-state index contributed by atoms with van der Waals surface area (Å²) in [5.74, 6) is 0.161. The van der Waals surface area contributed by atoms with Crippen molar-refractivity contribution in [3.63, 3.8) is 0 Å². The van der Waals surface area contributed by atoms with Crippen molar-refractivity contribution in [1.29, 1.82) is 0 Å². The van der Waals surface area contributed by atoms with E-state index in [4.69, 9.17) is 9.47 Å². The Hall–Kier alpha value is -1.17. The van der Waals surface area contributed by atoms with Crippen molar-refractivity contribution in [1.82, 2.24) is 10.2 Å². The Bertz CT molecular complexity index is 422. The highest BCUT2D eigenvalue weighted by Crippen LogP contribution is 2.31. The highest BCUT2D eigenvalue weighted by molar-refractivity contribution is 7.14. The fourth-order valence-electron chi connectivity index (χ4n) is 2.46. The zero-order valence-electron chi connectivity index (χ0n) is 11.4. The van der Waals surface area contributed by atoms with Gasteiger partial charge in [0, 0.05) is 0 Å². The van der Waals surface area contributed by atoms with Gasteiger partial charge in [-0.15, -0.1) is 5.10 Å². The molecular formula is C13H20N2O3S. The lowest BCUT2D eigenvalue weighted by Crippen LogP contribution is -2.29. The third-order valence-electron chi connectivity index (χ3n) is 3.47. The monoisotopic (exact) mass is 284 g/mol. The molecule has 5 nitrogen and oxygen atoms in total. The molecule has 2 rings (SSSR count). The summed E-state index contributed by atoms with van der Waals surface area (Å²) in [4.78, 5) is 11.5. The molecule has 0 saturated heterocycles. The lowest BCUT2D eigenvalue weighted by molar-refractivity contribution is 0.0525. The molecule has 2 unspecified atom stereocenters. The number of aromatic nitrogens is 2. The normalized spacial score (nSPS) is 23.1. The molecule has 1 aliphatic rings. The van der Waals surface area contributed by atoms with Crippen LogP contribution in [0.3, 0.4) is 0 Å². The summed E-state index contributed by atoms with van der Waals surface area (Å²) >= 11 is 1.17. The van der Waals surface area contributed by atoms with Crippen molar-refractivity contribution in [2.45, 2.75) is 52.1 Å². The van der Waals surface area contributed by atoms with Crippen molar-refractivity contribution in [3.05, 3.63) is 5.01 Å². The summed E-state index contributed by atoms with van der Waals surface area (Å²) in [6.07, 6.45) is 6.08. The molecule has 0 radical (unpaired) electrons. The van der Waals surface area contributed by atoms with Crippen molar-refractivity contribution in [2.24, 2.45) is 5.92 Å². The summed E-state index contributed by atoms with van der Waals surface area (Å²) in [5.41, 5.74) is 0. The van der Waals surface area contributed by atoms with E-state index in [1.165, 1.54) is 30.6 Å².